The lowest BCUT2D eigenvalue weighted by atomic mass is 10.0. The van der Waals surface area contributed by atoms with E-state index in [0.717, 1.165) is 44.9 Å². The molecule has 0 aromatic heterocycles. The number of rotatable bonds is 42. The second-order valence-corrected chi connectivity index (χ2v) is 18.2. The lowest BCUT2D eigenvalue weighted by molar-refractivity contribution is -0.870. The minimum Gasteiger partial charge on any atom is -0.462 e. The number of ether oxygens (including phenoxy) is 2. The molecule has 1 unspecified atom stereocenters. The van der Waals surface area contributed by atoms with Crippen molar-refractivity contribution in [2.45, 2.75) is 200 Å². The highest BCUT2D eigenvalue weighted by atomic mass is 31.2. The zero-order valence-electron chi connectivity index (χ0n) is 38.0. The SMILES string of the molecule is CCCCC/C=C\C/C=C\C/C=C\C/C=C\CCCC(=O)O[C@H](COC(=O)CCCCCCCCCCCCCCCCCCC)COP(=O)(O)OCC[N+](C)(C)C. The Labute approximate surface area is 356 Å². The van der Waals surface area contributed by atoms with E-state index in [2.05, 4.69) is 56.4 Å². The molecule has 0 radical (unpaired) electrons. The van der Waals surface area contributed by atoms with Crippen molar-refractivity contribution in [1.29, 1.82) is 0 Å². The number of hydrogen-bond acceptors (Lipinski definition) is 7. The van der Waals surface area contributed by atoms with Crippen LogP contribution < -0.4 is 0 Å². The van der Waals surface area contributed by atoms with Gasteiger partial charge in [0.15, 0.2) is 6.10 Å². The number of unbranched alkanes of at least 4 members (excludes halogenated alkanes) is 20. The van der Waals surface area contributed by atoms with Crippen molar-refractivity contribution in [3.05, 3.63) is 48.6 Å². The molecule has 0 aliphatic heterocycles. The Morgan fingerprint density at radius 1 is 0.534 bits per heavy atom. The van der Waals surface area contributed by atoms with Gasteiger partial charge < -0.3 is 18.9 Å². The minimum absolute atomic E-state index is 0.0214. The van der Waals surface area contributed by atoms with Crippen LogP contribution in [0.2, 0.25) is 0 Å². The normalized spacial score (nSPS) is 14.0. The van der Waals surface area contributed by atoms with Gasteiger partial charge in [-0.25, -0.2) is 4.57 Å². The maximum Gasteiger partial charge on any atom is 0.472 e. The van der Waals surface area contributed by atoms with Gasteiger partial charge in [-0.15, -0.1) is 0 Å². The van der Waals surface area contributed by atoms with E-state index in [9.17, 15) is 19.0 Å². The third kappa shape index (κ3) is 43.5. The Hall–Kier alpha value is -2.03. The second kappa shape index (κ2) is 40.4. The van der Waals surface area contributed by atoms with Crippen LogP contribution in [0.15, 0.2) is 48.6 Å². The molecule has 0 spiro atoms. The minimum atomic E-state index is -4.39. The Morgan fingerprint density at radius 2 is 0.948 bits per heavy atom. The van der Waals surface area contributed by atoms with E-state index in [-0.39, 0.29) is 32.0 Å². The third-order valence-electron chi connectivity index (χ3n) is 9.86. The number of carbonyl (C=O) groups is 2. The summed E-state index contributed by atoms with van der Waals surface area (Å²) in [6.45, 7) is 4.34. The van der Waals surface area contributed by atoms with Crippen LogP contribution in [0.1, 0.15) is 194 Å². The van der Waals surface area contributed by atoms with E-state index in [4.69, 9.17) is 18.5 Å². The summed E-state index contributed by atoms with van der Waals surface area (Å²) in [6.07, 6.45) is 47.4. The van der Waals surface area contributed by atoms with Gasteiger partial charge in [0, 0.05) is 12.8 Å². The van der Waals surface area contributed by atoms with Gasteiger partial charge in [-0.2, -0.15) is 0 Å². The maximum atomic E-state index is 12.7. The molecular weight excluding hydrogens is 750 g/mol. The first-order valence-electron chi connectivity index (χ1n) is 23.4. The molecule has 0 aromatic carbocycles. The van der Waals surface area contributed by atoms with Crippen LogP contribution in [0.25, 0.3) is 0 Å². The fraction of sp³-hybridized carbons (Fsp3) is 0.792. The predicted molar refractivity (Wildman–Crippen MR) is 243 cm³/mol. The highest BCUT2D eigenvalue weighted by Crippen LogP contribution is 2.43. The first-order chi connectivity index (χ1) is 28.0. The quantitative estimate of drug-likeness (QED) is 0.0213. The highest BCUT2D eigenvalue weighted by Gasteiger charge is 2.27. The number of phosphoric ester groups is 1. The van der Waals surface area contributed by atoms with Crippen LogP contribution in [0.4, 0.5) is 0 Å². The topological polar surface area (TPSA) is 108 Å². The first kappa shape index (κ1) is 56.0. The summed E-state index contributed by atoms with van der Waals surface area (Å²) in [5.74, 6) is -0.860. The summed E-state index contributed by atoms with van der Waals surface area (Å²) in [6, 6.07) is 0. The third-order valence-corrected chi connectivity index (χ3v) is 10.8. The molecule has 338 valence electrons. The summed E-state index contributed by atoms with van der Waals surface area (Å²) < 4.78 is 34.3. The van der Waals surface area contributed by atoms with E-state index in [1.807, 2.05) is 27.2 Å². The van der Waals surface area contributed by atoms with Gasteiger partial charge in [-0.05, 0) is 51.4 Å². The molecule has 0 heterocycles. The molecule has 0 saturated heterocycles. The molecule has 1 N–H and O–H groups in total. The van der Waals surface area contributed by atoms with E-state index in [1.54, 1.807) is 0 Å². The van der Waals surface area contributed by atoms with Gasteiger partial charge in [-0.1, -0.05) is 178 Å². The number of allylic oxidation sites excluding steroid dienone is 8. The summed E-state index contributed by atoms with van der Waals surface area (Å²) in [4.78, 5) is 35.4. The molecule has 9 nitrogen and oxygen atoms in total. The van der Waals surface area contributed by atoms with Crippen LogP contribution in [0.5, 0.6) is 0 Å². The summed E-state index contributed by atoms with van der Waals surface area (Å²) in [5, 5.41) is 0. The summed E-state index contributed by atoms with van der Waals surface area (Å²) >= 11 is 0. The molecule has 2 atom stereocenters. The summed E-state index contributed by atoms with van der Waals surface area (Å²) in [5.41, 5.74) is 0. The standard InChI is InChI=1S/C48H88NO8P/c1-6-8-10-12-14-16-18-20-22-24-26-28-30-32-34-36-38-40-47(50)54-44-46(45-56-58(52,53)55-43-42-49(3,4)5)57-48(51)41-39-37-35-33-31-29-27-25-23-21-19-17-15-13-11-9-7-2/h15,17,21,23,27,29,33,35,46H,6-14,16,18-20,22,24-26,28,30-32,34,36-45H2,1-5H3/p+1/b17-15-,23-21-,29-27-,35-33-/t46-/m1/s1. The van der Waals surface area contributed by atoms with Crippen LogP contribution in [0.3, 0.4) is 0 Å². The van der Waals surface area contributed by atoms with E-state index in [0.29, 0.717) is 17.4 Å². The van der Waals surface area contributed by atoms with Gasteiger partial charge in [0.25, 0.3) is 0 Å². The van der Waals surface area contributed by atoms with Crippen molar-refractivity contribution in [3.63, 3.8) is 0 Å². The van der Waals surface area contributed by atoms with Gasteiger partial charge in [0.2, 0.25) is 0 Å². The first-order valence-corrected chi connectivity index (χ1v) is 24.9. The molecule has 58 heavy (non-hydrogen) atoms. The molecule has 0 aliphatic carbocycles. The number of likely N-dealkylation sites (N-methyl/N-ethyl adjacent to an activating group) is 1. The number of carbonyl (C=O) groups excluding carboxylic acids is 2. The molecule has 0 fully saturated rings. The predicted octanol–water partition coefficient (Wildman–Crippen LogP) is 13.5. The second-order valence-electron chi connectivity index (χ2n) is 16.8. The maximum absolute atomic E-state index is 12.7. The van der Waals surface area contributed by atoms with Crippen LogP contribution in [-0.4, -0.2) is 74.9 Å². The van der Waals surface area contributed by atoms with Gasteiger partial charge in [0.05, 0.1) is 27.7 Å². The zero-order chi connectivity index (χ0) is 42.8. The van der Waals surface area contributed by atoms with Crippen LogP contribution in [0, 0.1) is 0 Å². The lowest BCUT2D eigenvalue weighted by Gasteiger charge is -2.24. The van der Waals surface area contributed by atoms with Gasteiger partial charge in [-0.3, -0.25) is 18.6 Å². The Balaban J connectivity index is 4.40. The van der Waals surface area contributed by atoms with Crippen molar-refractivity contribution >= 4 is 19.8 Å². The number of phosphoric acid groups is 1. The smallest absolute Gasteiger partial charge is 0.462 e. The van der Waals surface area contributed by atoms with Crippen molar-refractivity contribution in [2.75, 3.05) is 47.5 Å². The largest absolute Gasteiger partial charge is 0.472 e. The fourth-order valence-corrected chi connectivity index (χ4v) is 6.92. The van der Waals surface area contributed by atoms with Crippen molar-refractivity contribution in [2.24, 2.45) is 0 Å². The molecule has 0 rings (SSSR count). The molecule has 10 heteroatoms. The average molecular weight is 839 g/mol. The molecule has 0 saturated carbocycles. The molecular formula is C48H89NO8P+. The lowest BCUT2D eigenvalue weighted by Crippen LogP contribution is -2.37. The van der Waals surface area contributed by atoms with Gasteiger partial charge in [0.1, 0.15) is 19.8 Å². The zero-order valence-corrected chi connectivity index (χ0v) is 38.9. The fourth-order valence-electron chi connectivity index (χ4n) is 6.18. The van der Waals surface area contributed by atoms with Crippen molar-refractivity contribution in [3.8, 4) is 0 Å². The van der Waals surface area contributed by atoms with E-state index in [1.165, 1.54) is 116 Å². The van der Waals surface area contributed by atoms with Crippen molar-refractivity contribution in [1.82, 2.24) is 0 Å². The monoisotopic (exact) mass is 839 g/mol. The molecule has 0 aromatic rings. The Morgan fingerprint density at radius 3 is 1.43 bits per heavy atom. The Bertz CT molecular complexity index is 1130. The highest BCUT2D eigenvalue weighted by molar-refractivity contribution is 7.47. The Kier molecular flexibility index (Phi) is 39.0. The average Bonchev–Trinajstić information content (AvgIpc) is 3.17. The van der Waals surface area contributed by atoms with Crippen LogP contribution >= 0.6 is 7.82 Å². The van der Waals surface area contributed by atoms with E-state index >= 15 is 0 Å². The summed E-state index contributed by atoms with van der Waals surface area (Å²) in [7, 11) is 1.44. The number of quaternary nitrogens is 1. The number of hydrogen-bond donors (Lipinski definition) is 1. The van der Waals surface area contributed by atoms with Crippen LogP contribution in [-0.2, 0) is 32.7 Å². The van der Waals surface area contributed by atoms with Crippen molar-refractivity contribution < 1.29 is 42.1 Å². The molecule has 0 bridgehead atoms. The number of esters is 2. The molecule has 0 amide bonds. The van der Waals surface area contributed by atoms with Gasteiger partial charge >= 0.3 is 19.8 Å². The number of nitrogens with zero attached hydrogens (tertiary/aromatic N) is 1. The molecule has 0 aliphatic rings. The van der Waals surface area contributed by atoms with E-state index < -0.39 is 26.5 Å².